The van der Waals surface area contributed by atoms with E-state index < -0.39 is 17.8 Å². The lowest BCUT2D eigenvalue weighted by atomic mass is 10.1. The van der Waals surface area contributed by atoms with Gasteiger partial charge in [-0.25, -0.2) is 4.98 Å². The maximum absolute atomic E-state index is 13.4. The van der Waals surface area contributed by atoms with E-state index in [2.05, 4.69) is 36.3 Å². The summed E-state index contributed by atoms with van der Waals surface area (Å²) in [6.45, 7) is 3.96. The first kappa shape index (κ1) is 21.9. The van der Waals surface area contributed by atoms with E-state index >= 15 is 0 Å². The molecule has 164 valence electrons. The number of anilines is 1. The molecule has 0 saturated carbocycles. The molecular weight excluding hydrogens is 487 g/mol. The lowest BCUT2D eigenvalue weighted by Crippen LogP contribution is -2.17. The molecule has 0 saturated heterocycles. The number of nitrogens with one attached hydrogen (secondary N) is 1. The van der Waals surface area contributed by atoms with Crippen LogP contribution in [0.25, 0.3) is 10.9 Å². The van der Waals surface area contributed by atoms with Gasteiger partial charge in [0, 0.05) is 22.3 Å². The number of rotatable bonds is 4. The number of alkyl halides is 3. The SMILES string of the molecule is Cc1nn(Cc2cccnc2)c(C)c1NC(=O)c1cc(C(F)(F)F)nc2ccc(Br)cc12. The molecule has 6 nitrogen and oxygen atoms in total. The van der Waals surface area contributed by atoms with E-state index in [1.54, 1.807) is 43.1 Å². The summed E-state index contributed by atoms with van der Waals surface area (Å²) >= 11 is 3.30. The van der Waals surface area contributed by atoms with E-state index in [9.17, 15) is 18.0 Å². The van der Waals surface area contributed by atoms with E-state index in [4.69, 9.17) is 0 Å². The number of aryl methyl sites for hydroxylation is 1. The third-order valence-electron chi connectivity index (χ3n) is 4.98. The second kappa shape index (κ2) is 8.34. The molecule has 32 heavy (non-hydrogen) atoms. The number of pyridine rings is 2. The van der Waals surface area contributed by atoms with Gasteiger partial charge in [-0.15, -0.1) is 0 Å². The molecule has 0 atom stereocenters. The molecular formula is C22H17BrF3N5O. The van der Waals surface area contributed by atoms with Gasteiger partial charge in [-0.2, -0.15) is 18.3 Å². The van der Waals surface area contributed by atoms with Gasteiger partial charge in [-0.3, -0.25) is 14.5 Å². The van der Waals surface area contributed by atoms with Crippen LogP contribution in [-0.4, -0.2) is 25.7 Å². The van der Waals surface area contributed by atoms with Crippen molar-refractivity contribution in [2.45, 2.75) is 26.6 Å². The number of carbonyl (C=O) groups excluding carboxylic acids is 1. The predicted octanol–water partition coefficient (Wildman–Crippen LogP) is 5.53. The van der Waals surface area contributed by atoms with E-state index in [1.807, 2.05) is 12.1 Å². The van der Waals surface area contributed by atoms with Crippen LogP contribution in [0.3, 0.4) is 0 Å². The van der Waals surface area contributed by atoms with Crippen molar-refractivity contribution in [3.8, 4) is 0 Å². The van der Waals surface area contributed by atoms with Crippen molar-refractivity contribution in [3.05, 3.63) is 81.5 Å². The average Bonchev–Trinajstić information content (AvgIpc) is 3.00. The van der Waals surface area contributed by atoms with Gasteiger partial charge in [0.15, 0.2) is 0 Å². The molecule has 1 amide bonds. The third-order valence-corrected chi connectivity index (χ3v) is 5.47. The van der Waals surface area contributed by atoms with Gasteiger partial charge < -0.3 is 5.32 Å². The summed E-state index contributed by atoms with van der Waals surface area (Å²) in [7, 11) is 0. The summed E-state index contributed by atoms with van der Waals surface area (Å²) in [4.78, 5) is 20.9. The molecule has 4 aromatic rings. The molecule has 0 spiro atoms. The Hall–Kier alpha value is -3.27. The smallest absolute Gasteiger partial charge is 0.319 e. The molecule has 0 aliphatic rings. The van der Waals surface area contributed by atoms with Crippen molar-refractivity contribution in [2.75, 3.05) is 5.32 Å². The van der Waals surface area contributed by atoms with Crippen molar-refractivity contribution in [3.63, 3.8) is 0 Å². The van der Waals surface area contributed by atoms with Crippen molar-refractivity contribution < 1.29 is 18.0 Å². The number of hydrogen-bond acceptors (Lipinski definition) is 4. The Bertz CT molecular complexity index is 1320. The summed E-state index contributed by atoms with van der Waals surface area (Å²) in [5.74, 6) is -0.673. The van der Waals surface area contributed by atoms with Gasteiger partial charge in [0.2, 0.25) is 0 Å². The molecule has 3 heterocycles. The number of carbonyl (C=O) groups is 1. The minimum Gasteiger partial charge on any atom is -0.319 e. The largest absolute Gasteiger partial charge is 0.433 e. The van der Waals surface area contributed by atoms with E-state index in [0.717, 1.165) is 11.6 Å². The molecule has 0 bridgehead atoms. The monoisotopic (exact) mass is 503 g/mol. The van der Waals surface area contributed by atoms with Gasteiger partial charge in [-0.1, -0.05) is 22.0 Å². The Morgan fingerprint density at radius 2 is 1.97 bits per heavy atom. The topological polar surface area (TPSA) is 72.7 Å². The first-order valence-electron chi connectivity index (χ1n) is 9.55. The minimum absolute atomic E-state index is 0.0777. The summed E-state index contributed by atoms with van der Waals surface area (Å²) in [5.41, 5.74) is 1.43. The van der Waals surface area contributed by atoms with Gasteiger partial charge >= 0.3 is 6.18 Å². The fourth-order valence-corrected chi connectivity index (χ4v) is 3.77. The molecule has 3 aromatic heterocycles. The fraction of sp³-hybridized carbons (Fsp3) is 0.182. The van der Waals surface area contributed by atoms with Crippen LogP contribution in [0, 0.1) is 13.8 Å². The Kier molecular flexibility index (Phi) is 5.72. The van der Waals surface area contributed by atoms with Crippen molar-refractivity contribution in [1.29, 1.82) is 0 Å². The molecule has 1 aromatic carbocycles. The Labute approximate surface area is 189 Å². The first-order valence-corrected chi connectivity index (χ1v) is 10.3. The normalized spacial score (nSPS) is 11.7. The predicted molar refractivity (Wildman–Crippen MR) is 117 cm³/mol. The highest BCUT2D eigenvalue weighted by atomic mass is 79.9. The molecule has 4 rings (SSSR count). The zero-order valence-electron chi connectivity index (χ0n) is 17.0. The summed E-state index contributed by atoms with van der Waals surface area (Å²) in [5, 5.41) is 7.51. The zero-order chi connectivity index (χ0) is 23.0. The van der Waals surface area contributed by atoms with Crippen molar-refractivity contribution in [1.82, 2.24) is 19.7 Å². The highest BCUT2D eigenvalue weighted by Crippen LogP contribution is 2.32. The number of benzene rings is 1. The van der Waals surface area contributed by atoms with Crippen LogP contribution in [0.5, 0.6) is 0 Å². The van der Waals surface area contributed by atoms with Crippen LogP contribution >= 0.6 is 15.9 Å². The van der Waals surface area contributed by atoms with Gasteiger partial charge in [0.05, 0.1) is 34.7 Å². The number of hydrogen-bond donors (Lipinski definition) is 1. The molecule has 0 radical (unpaired) electrons. The highest BCUT2D eigenvalue weighted by molar-refractivity contribution is 9.10. The van der Waals surface area contributed by atoms with Crippen LogP contribution in [0.15, 0.2) is 53.3 Å². The summed E-state index contributed by atoms with van der Waals surface area (Å²) < 4.78 is 42.5. The van der Waals surface area contributed by atoms with Crippen LogP contribution in [-0.2, 0) is 12.7 Å². The minimum atomic E-state index is -4.68. The second-order valence-corrected chi connectivity index (χ2v) is 8.15. The zero-order valence-corrected chi connectivity index (χ0v) is 18.6. The van der Waals surface area contributed by atoms with Crippen LogP contribution in [0.4, 0.5) is 18.9 Å². The van der Waals surface area contributed by atoms with Crippen LogP contribution < -0.4 is 5.32 Å². The lowest BCUT2D eigenvalue weighted by Gasteiger charge is -2.13. The van der Waals surface area contributed by atoms with Gasteiger partial charge in [0.25, 0.3) is 5.91 Å². The van der Waals surface area contributed by atoms with Gasteiger partial charge in [0.1, 0.15) is 5.69 Å². The number of halogens is 4. The second-order valence-electron chi connectivity index (χ2n) is 7.23. The van der Waals surface area contributed by atoms with Crippen LogP contribution in [0.1, 0.15) is 33.0 Å². The molecule has 0 aliphatic heterocycles. The number of fused-ring (bicyclic) bond motifs is 1. The number of amides is 1. The van der Waals surface area contributed by atoms with E-state index in [-0.39, 0.29) is 11.1 Å². The Morgan fingerprint density at radius 1 is 1.19 bits per heavy atom. The molecule has 0 fully saturated rings. The highest BCUT2D eigenvalue weighted by Gasteiger charge is 2.34. The van der Waals surface area contributed by atoms with Crippen molar-refractivity contribution >= 4 is 38.4 Å². The van der Waals surface area contributed by atoms with Crippen LogP contribution in [0.2, 0.25) is 0 Å². The standard InChI is InChI=1S/C22H17BrF3N5O/c1-12-20(13(2)31(30-12)11-14-4-3-7-27-10-14)29-21(32)17-9-19(22(24,25)26)28-18-6-5-15(23)8-16(17)18/h3-10H,11H2,1-2H3,(H,29,32). The summed E-state index contributed by atoms with van der Waals surface area (Å²) in [6, 6.07) is 9.08. The molecule has 0 unspecified atom stereocenters. The average molecular weight is 504 g/mol. The maximum Gasteiger partial charge on any atom is 0.433 e. The van der Waals surface area contributed by atoms with E-state index in [0.29, 0.717) is 33.5 Å². The fourth-order valence-electron chi connectivity index (χ4n) is 3.41. The maximum atomic E-state index is 13.4. The molecule has 0 aliphatic carbocycles. The summed E-state index contributed by atoms with van der Waals surface area (Å²) in [6.07, 6.45) is -1.30. The van der Waals surface area contributed by atoms with Gasteiger partial charge in [-0.05, 0) is 49.7 Å². The number of aromatic nitrogens is 4. The Morgan fingerprint density at radius 3 is 2.66 bits per heavy atom. The number of nitrogens with zero attached hydrogens (tertiary/aromatic N) is 4. The lowest BCUT2D eigenvalue weighted by molar-refractivity contribution is -0.140. The van der Waals surface area contributed by atoms with Crippen molar-refractivity contribution in [2.24, 2.45) is 0 Å². The molecule has 10 heteroatoms. The van der Waals surface area contributed by atoms with E-state index in [1.165, 1.54) is 6.07 Å². The Balaban J connectivity index is 1.72. The first-order chi connectivity index (χ1) is 15.1. The quantitative estimate of drug-likeness (QED) is 0.397. The third kappa shape index (κ3) is 4.36. The molecule has 1 N–H and O–H groups in total.